The van der Waals surface area contributed by atoms with Crippen molar-refractivity contribution < 1.29 is 9.21 Å². The third kappa shape index (κ3) is 1.97. The molecule has 78 valence electrons. The fraction of sp³-hybridized carbons (Fsp3) is 0.300. The number of carbonyl (C=O) groups excluding carboxylic acids is 1. The van der Waals surface area contributed by atoms with Gasteiger partial charge in [-0.2, -0.15) is 0 Å². The average Bonchev–Trinajstić information content (AvgIpc) is 2.86. The zero-order valence-electron chi connectivity index (χ0n) is 8.43. The van der Waals surface area contributed by atoms with E-state index in [1.807, 2.05) is 17.5 Å². The van der Waals surface area contributed by atoms with Crippen molar-refractivity contribution in [2.75, 3.05) is 0 Å². The molecule has 0 N–H and O–H groups in total. The van der Waals surface area contributed by atoms with Crippen LogP contribution in [0, 0.1) is 5.92 Å². The Morgan fingerprint density at radius 3 is 2.87 bits per heavy atom. The Hall–Kier alpha value is -1.49. The quantitative estimate of drug-likeness (QED) is 0.749. The lowest BCUT2D eigenvalue weighted by atomic mass is 10.1. The molecule has 15 heavy (non-hydrogen) atoms. The summed E-state index contributed by atoms with van der Waals surface area (Å²) >= 11 is 1.50. The molecule has 0 bridgehead atoms. The minimum absolute atomic E-state index is 0.0911. The Morgan fingerprint density at radius 1 is 1.47 bits per heavy atom. The van der Waals surface area contributed by atoms with E-state index in [1.165, 1.54) is 11.3 Å². The molecule has 5 heteroatoms. The van der Waals surface area contributed by atoms with Crippen molar-refractivity contribution in [3.63, 3.8) is 0 Å². The van der Waals surface area contributed by atoms with Crippen LogP contribution in [0.1, 0.15) is 24.5 Å². The highest BCUT2D eigenvalue weighted by Crippen LogP contribution is 2.23. The van der Waals surface area contributed by atoms with Crippen molar-refractivity contribution in [2.24, 2.45) is 5.92 Å². The van der Waals surface area contributed by atoms with Crippen molar-refractivity contribution in [3.05, 3.63) is 23.4 Å². The third-order valence-corrected chi connectivity index (χ3v) is 2.75. The summed E-state index contributed by atoms with van der Waals surface area (Å²) in [5, 5.41) is 9.49. The molecule has 0 aliphatic carbocycles. The summed E-state index contributed by atoms with van der Waals surface area (Å²) in [6.45, 7) is 3.61. The first-order valence-corrected chi connectivity index (χ1v) is 5.48. The maximum atomic E-state index is 11.5. The maximum Gasteiger partial charge on any atom is 0.284 e. The molecule has 0 radical (unpaired) electrons. The van der Waals surface area contributed by atoms with Crippen LogP contribution in [-0.4, -0.2) is 16.0 Å². The molecule has 0 amide bonds. The monoisotopic (exact) mass is 222 g/mol. The lowest BCUT2D eigenvalue weighted by Gasteiger charge is -1.95. The zero-order valence-corrected chi connectivity index (χ0v) is 9.25. The van der Waals surface area contributed by atoms with Gasteiger partial charge < -0.3 is 4.42 Å². The third-order valence-electron chi connectivity index (χ3n) is 1.89. The van der Waals surface area contributed by atoms with Gasteiger partial charge in [0.25, 0.3) is 11.8 Å². The molecular formula is C10H10N2O2S. The predicted octanol–water partition coefficient (Wildman–Crippen LogP) is 2.64. The lowest BCUT2D eigenvalue weighted by Crippen LogP contribution is -2.07. The van der Waals surface area contributed by atoms with Gasteiger partial charge in [0.2, 0.25) is 5.78 Å². The number of hydrogen-bond acceptors (Lipinski definition) is 5. The van der Waals surface area contributed by atoms with E-state index in [4.69, 9.17) is 4.42 Å². The first-order valence-electron chi connectivity index (χ1n) is 4.60. The molecule has 0 saturated heterocycles. The van der Waals surface area contributed by atoms with Gasteiger partial charge in [-0.15, -0.1) is 21.5 Å². The van der Waals surface area contributed by atoms with Crippen LogP contribution in [-0.2, 0) is 0 Å². The second-order valence-corrected chi connectivity index (χ2v) is 4.36. The highest BCUT2D eigenvalue weighted by atomic mass is 32.1. The van der Waals surface area contributed by atoms with E-state index in [0.29, 0.717) is 5.89 Å². The van der Waals surface area contributed by atoms with Crippen LogP contribution >= 0.6 is 11.3 Å². The first kappa shape index (κ1) is 10.0. The summed E-state index contributed by atoms with van der Waals surface area (Å²) < 4.78 is 5.29. The van der Waals surface area contributed by atoms with Crippen molar-refractivity contribution in [3.8, 4) is 10.8 Å². The van der Waals surface area contributed by atoms with Gasteiger partial charge in [-0.3, -0.25) is 4.79 Å². The Labute approximate surface area is 91.0 Å². The smallest absolute Gasteiger partial charge is 0.284 e. The van der Waals surface area contributed by atoms with E-state index in [0.717, 1.165) is 4.88 Å². The van der Waals surface area contributed by atoms with Gasteiger partial charge in [0, 0.05) is 5.92 Å². The van der Waals surface area contributed by atoms with E-state index in [1.54, 1.807) is 13.8 Å². The fourth-order valence-corrected chi connectivity index (χ4v) is 1.71. The molecule has 4 nitrogen and oxygen atoms in total. The Morgan fingerprint density at radius 2 is 2.27 bits per heavy atom. The first-order chi connectivity index (χ1) is 7.18. The molecule has 2 aromatic rings. The molecule has 0 aromatic carbocycles. The summed E-state index contributed by atoms with van der Waals surface area (Å²) in [4.78, 5) is 12.4. The van der Waals surface area contributed by atoms with E-state index in [9.17, 15) is 4.79 Å². The van der Waals surface area contributed by atoms with E-state index < -0.39 is 0 Å². The summed E-state index contributed by atoms with van der Waals surface area (Å²) in [5.41, 5.74) is 0. The lowest BCUT2D eigenvalue weighted by molar-refractivity contribution is 0.0905. The van der Waals surface area contributed by atoms with Gasteiger partial charge in [0.1, 0.15) is 0 Å². The fourth-order valence-electron chi connectivity index (χ4n) is 1.07. The van der Waals surface area contributed by atoms with Gasteiger partial charge in [-0.05, 0) is 11.4 Å². The number of carbonyl (C=O) groups is 1. The van der Waals surface area contributed by atoms with Crippen LogP contribution in [0.5, 0.6) is 0 Å². The topological polar surface area (TPSA) is 56.0 Å². The van der Waals surface area contributed by atoms with Gasteiger partial charge in [-0.1, -0.05) is 19.9 Å². The predicted molar refractivity (Wildman–Crippen MR) is 56.8 cm³/mol. The van der Waals surface area contributed by atoms with Crippen LogP contribution < -0.4 is 0 Å². The number of nitrogens with zero attached hydrogens (tertiary/aromatic N) is 2. The Balaban J connectivity index is 2.29. The summed E-state index contributed by atoms with van der Waals surface area (Å²) in [5.74, 6) is 0.259. The van der Waals surface area contributed by atoms with Crippen LogP contribution in [0.3, 0.4) is 0 Å². The standard InChI is InChI=1S/C10H10N2O2S/c1-6(2)8(13)10-12-11-9(14-10)7-4-3-5-15-7/h3-6H,1-2H3. The normalized spacial score (nSPS) is 10.9. The molecule has 0 unspecified atom stereocenters. The van der Waals surface area contributed by atoms with Crippen molar-refractivity contribution >= 4 is 17.1 Å². The second-order valence-electron chi connectivity index (χ2n) is 3.41. The number of hydrogen-bond donors (Lipinski definition) is 0. The zero-order chi connectivity index (χ0) is 10.8. The number of rotatable bonds is 3. The highest BCUT2D eigenvalue weighted by molar-refractivity contribution is 7.13. The Kier molecular flexibility index (Phi) is 2.64. The van der Waals surface area contributed by atoms with E-state index in [2.05, 4.69) is 10.2 Å². The van der Waals surface area contributed by atoms with Crippen LogP contribution in [0.15, 0.2) is 21.9 Å². The molecule has 0 atom stereocenters. The van der Waals surface area contributed by atoms with Crippen LogP contribution in [0.4, 0.5) is 0 Å². The second kappa shape index (κ2) is 3.94. The molecule has 0 fully saturated rings. The van der Waals surface area contributed by atoms with E-state index >= 15 is 0 Å². The molecule has 2 aromatic heterocycles. The van der Waals surface area contributed by atoms with Crippen LogP contribution in [0.2, 0.25) is 0 Å². The molecular weight excluding hydrogens is 212 g/mol. The minimum atomic E-state index is -0.123. The molecule has 0 saturated carbocycles. The van der Waals surface area contributed by atoms with Gasteiger partial charge in [0.05, 0.1) is 4.88 Å². The molecule has 0 aliphatic rings. The van der Waals surface area contributed by atoms with Crippen LogP contribution in [0.25, 0.3) is 10.8 Å². The molecule has 0 spiro atoms. The number of ketones is 1. The largest absolute Gasteiger partial charge is 0.413 e. The van der Waals surface area contributed by atoms with Crippen molar-refractivity contribution in [1.29, 1.82) is 0 Å². The number of aromatic nitrogens is 2. The molecule has 2 heterocycles. The molecule has 0 aliphatic heterocycles. The van der Waals surface area contributed by atoms with Gasteiger partial charge >= 0.3 is 0 Å². The minimum Gasteiger partial charge on any atom is -0.413 e. The highest BCUT2D eigenvalue weighted by Gasteiger charge is 2.18. The maximum absolute atomic E-state index is 11.5. The summed E-state index contributed by atoms with van der Waals surface area (Å²) in [6, 6.07) is 3.77. The van der Waals surface area contributed by atoms with Crippen molar-refractivity contribution in [1.82, 2.24) is 10.2 Å². The Bertz CT molecular complexity index is 459. The van der Waals surface area contributed by atoms with E-state index in [-0.39, 0.29) is 17.6 Å². The number of Topliss-reactive ketones (excluding diaryl/α,β-unsaturated/α-hetero) is 1. The van der Waals surface area contributed by atoms with Crippen molar-refractivity contribution in [2.45, 2.75) is 13.8 Å². The molecule has 2 rings (SSSR count). The number of thiophene rings is 1. The SMILES string of the molecule is CC(C)C(=O)c1nnc(-c2cccs2)o1. The van der Waals surface area contributed by atoms with Gasteiger partial charge in [0.15, 0.2) is 0 Å². The van der Waals surface area contributed by atoms with Gasteiger partial charge in [-0.25, -0.2) is 0 Å². The summed E-state index contributed by atoms with van der Waals surface area (Å²) in [7, 11) is 0. The summed E-state index contributed by atoms with van der Waals surface area (Å²) in [6.07, 6.45) is 0. The average molecular weight is 222 g/mol.